The highest BCUT2D eigenvalue weighted by atomic mass is 32.2. The number of aromatic nitrogens is 1. The van der Waals surface area contributed by atoms with E-state index in [9.17, 15) is 4.79 Å². The highest BCUT2D eigenvalue weighted by Crippen LogP contribution is 2.28. The second kappa shape index (κ2) is 9.24. The van der Waals surface area contributed by atoms with Gasteiger partial charge in [0.2, 0.25) is 0 Å². The first-order valence-electron chi connectivity index (χ1n) is 9.34. The highest BCUT2D eigenvalue weighted by molar-refractivity contribution is 8.14. The third kappa shape index (κ3) is 5.05. The number of thiazole rings is 1. The average Bonchev–Trinajstić information content (AvgIpc) is 3.38. The first-order valence-corrected chi connectivity index (χ1v) is 11.1. The van der Waals surface area contributed by atoms with Gasteiger partial charge in [0.05, 0.1) is 21.9 Å². The van der Waals surface area contributed by atoms with Crippen LogP contribution in [0.15, 0.2) is 59.6 Å². The number of hydrogen-bond acceptors (Lipinski definition) is 7. The molecule has 7 heteroatoms. The monoisotopic (exact) mass is 424 g/mol. The van der Waals surface area contributed by atoms with Crippen LogP contribution in [0.25, 0.3) is 16.3 Å². The van der Waals surface area contributed by atoms with Crippen molar-refractivity contribution in [2.45, 2.75) is 19.6 Å². The van der Waals surface area contributed by atoms with Gasteiger partial charge in [0.25, 0.3) is 0 Å². The lowest BCUT2D eigenvalue weighted by Gasteiger charge is -2.05. The molecule has 0 saturated heterocycles. The summed E-state index contributed by atoms with van der Waals surface area (Å²) in [6.07, 6.45) is 3.85. The van der Waals surface area contributed by atoms with Crippen molar-refractivity contribution in [3.63, 3.8) is 0 Å². The van der Waals surface area contributed by atoms with E-state index in [0.717, 1.165) is 31.6 Å². The van der Waals surface area contributed by atoms with Gasteiger partial charge in [-0.3, -0.25) is 4.99 Å². The summed E-state index contributed by atoms with van der Waals surface area (Å²) < 4.78 is 12.0. The van der Waals surface area contributed by atoms with Crippen LogP contribution in [-0.4, -0.2) is 34.4 Å². The molecule has 148 valence electrons. The Kier molecular flexibility index (Phi) is 6.27. The number of esters is 1. The van der Waals surface area contributed by atoms with E-state index < -0.39 is 6.04 Å². The Labute approximate surface area is 177 Å². The van der Waals surface area contributed by atoms with Gasteiger partial charge in [0.1, 0.15) is 17.4 Å². The Morgan fingerprint density at radius 3 is 2.90 bits per heavy atom. The second-order valence-electron chi connectivity index (χ2n) is 6.34. The van der Waals surface area contributed by atoms with Gasteiger partial charge in [-0.25, -0.2) is 9.78 Å². The lowest BCUT2D eigenvalue weighted by atomic mass is 10.2. The Balaban J connectivity index is 1.42. The molecular weight excluding hydrogens is 404 g/mol. The molecule has 2 heterocycles. The molecule has 0 amide bonds. The molecule has 0 saturated carbocycles. The van der Waals surface area contributed by atoms with Gasteiger partial charge >= 0.3 is 5.97 Å². The van der Waals surface area contributed by atoms with E-state index in [1.54, 1.807) is 30.0 Å². The fraction of sp³-hybridized carbons (Fsp3) is 0.227. The molecule has 1 atom stereocenters. The molecule has 5 nitrogen and oxygen atoms in total. The summed E-state index contributed by atoms with van der Waals surface area (Å²) in [5, 5.41) is 1.72. The highest BCUT2D eigenvalue weighted by Gasteiger charge is 2.24. The number of fused-ring (bicyclic) bond motifs is 1. The minimum absolute atomic E-state index is 0.258. The molecule has 29 heavy (non-hydrogen) atoms. The van der Waals surface area contributed by atoms with Crippen LogP contribution in [0.1, 0.15) is 17.5 Å². The number of thioether (sulfide) groups is 1. The summed E-state index contributed by atoms with van der Waals surface area (Å²) in [5.41, 5.74) is 2.07. The van der Waals surface area contributed by atoms with E-state index in [0.29, 0.717) is 19.0 Å². The molecule has 3 aromatic rings. The quantitative estimate of drug-likeness (QED) is 0.502. The first kappa shape index (κ1) is 19.7. The summed E-state index contributed by atoms with van der Waals surface area (Å²) in [5.74, 6) is 1.19. The molecule has 1 aliphatic rings. The maximum absolute atomic E-state index is 11.8. The number of rotatable bonds is 7. The number of hydrogen-bond donors (Lipinski definition) is 0. The van der Waals surface area contributed by atoms with Crippen molar-refractivity contribution in [1.29, 1.82) is 0 Å². The van der Waals surface area contributed by atoms with Crippen molar-refractivity contribution >= 4 is 50.4 Å². The Bertz CT molecular complexity index is 1060. The van der Waals surface area contributed by atoms with Crippen molar-refractivity contribution in [1.82, 2.24) is 4.98 Å². The standard InChI is InChI=1S/C22H20N2O3S2/c1-2-26-22(25)18-14-28-20(24-18)10-11-21-23-17-9-8-16(12-19(17)29-21)27-13-15-6-4-3-5-7-15/h3-12,18H,2,13-14H2,1H3/b11-10+/t18-/m1/s1. The van der Waals surface area contributed by atoms with Crippen LogP contribution >= 0.6 is 23.1 Å². The first-order chi connectivity index (χ1) is 14.2. The molecular formula is C22H20N2O3S2. The maximum Gasteiger partial charge on any atom is 0.331 e. The lowest BCUT2D eigenvalue weighted by molar-refractivity contribution is -0.143. The minimum atomic E-state index is -0.403. The number of carbonyl (C=O) groups is 1. The summed E-state index contributed by atoms with van der Waals surface area (Å²) in [7, 11) is 0. The third-order valence-corrected chi connectivity index (χ3v) is 6.23. The molecule has 4 rings (SSSR count). The Hall–Kier alpha value is -2.64. The van der Waals surface area contributed by atoms with Crippen molar-refractivity contribution in [2.75, 3.05) is 12.4 Å². The number of ether oxygens (including phenoxy) is 2. The average molecular weight is 425 g/mol. The maximum atomic E-state index is 11.8. The number of benzene rings is 2. The SMILES string of the molecule is CCOC(=O)[C@H]1CSC(/C=C/c2nc3ccc(OCc4ccccc4)cc3s2)=N1. The molecule has 1 aromatic heterocycles. The molecule has 1 aliphatic heterocycles. The zero-order chi connectivity index (χ0) is 20.1. The molecule has 0 unspecified atom stereocenters. The van der Waals surface area contributed by atoms with Crippen LogP contribution in [0.3, 0.4) is 0 Å². The van der Waals surface area contributed by atoms with Gasteiger partial charge in [0.15, 0.2) is 6.04 Å². The summed E-state index contributed by atoms with van der Waals surface area (Å²) >= 11 is 3.15. The molecule has 0 aliphatic carbocycles. The van der Waals surface area contributed by atoms with Crippen molar-refractivity contribution in [2.24, 2.45) is 4.99 Å². The van der Waals surface area contributed by atoms with Gasteiger partial charge in [-0.2, -0.15) is 0 Å². The van der Waals surface area contributed by atoms with Crippen LogP contribution in [0.5, 0.6) is 5.75 Å². The van der Waals surface area contributed by atoms with Gasteiger partial charge in [-0.05, 0) is 42.8 Å². The van der Waals surface area contributed by atoms with E-state index in [-0.39, 0.29) is 5.97 Å². The fourth-order valence-corrected chi connectivity index (χ4v) is 4.61. The van der Waals surface area contributed by atoms with Gasteiger partial charge in [-0.15, -0.1) is 23.1 Å². The predicted octanol–water partition coefficient (Wildman–Crippen LogP) is 4.97. The predicted molar refractivity (Wildman–Crippen MR) is 120 cm³/mol. The molecule has 0 radical (unpaired) electrons. The molecule has 0 spiro atoms. The minimum Gasteiger partial charge on any atom is -0.489 e. The van der Waals surface area contributed by atoms with E-state index in [1.165, 1.54) is 0 Å². The third-order valence-electron chi connectivity index (χ3n) is 4.22. The van der Waals surface area contributed by atoms with Crippen molar-refractivity contribution < 1.29 is 14.3 Å². The van der Waals surface area contributed by atoms with E-state index in [2.05, 4.69) is 9.98 Å². The van der Waals surface area contributed by atoms with Crippen LogP contribution in [0.4, 0.5) is 0 Å². The second-order valence-corrected chi connectivity index (χ2v) is 8.44. The van der Waals surface area contributed by atoms with Crippen LogP contribution < -0.4 is 4.74 Å². The van der Waals surface area contributed by atoms with Gasteiger partial charge < -0.3 is 9.47 Å². The largest absolute Gasteiger partial charge is 0.489 e. The van der Waals surface area contributed by atoms with E-state index in [4.69, 9.17) is 9.47 Å². The summed E-state index contributed by atoms with van der Waals surface area (Å²) in [6, 6.07) is 15.6. The van der Waals surface area contributed by atoms with Crippen LogP contribution in [-0.2, 0) is 16.1 Å². The van der Waals surface area contributed by atoms with E-state index in [1.807, 2.05) is 60.7 Å². The van der Waals surface area contributed by atoms with Crippen LogP contribution in [0, 0.1) is 0 Å². The normalized spacial score (nSPS) is 16.3. The zero-order valence-corrected chi connectivity index (χ0v) is 17.5. The molecule has 0 bridgehead atoms. The number of carbonyl (C=O) groups excluding carboxylic acids is 1. The van der Waals surface area contributed by atoms with Crippen LogP contribution in [0.2, 0.25) is 0 Å². The van der Waals surface area contributed by atoms with Gasteiger partial charge in [-0.1, -0.05) is 30.3 Å². The summed E-state index contributed by atoms with van der Waals surface area (Å²) in [6.45, 7) is 2.72. The number of aliphatic imine (C=N–C) groups is 1. The number of nitrogens with zero attached hydrogens (tertiary/aromatic N) is 2. The van der Waals surface area contributed by atoms with Crippen molar-refractivity contribution in [3.05, 3.63) is 65.2 Å². The lowest BCUT2D eigenvalue weighted by Crippen LogP contribution is -2.21. The smallest absolute Gasteiger partial charge is 0.331 e. The summed E-state index contributed by atoms with van der Waals surface area (Å²) in [4.78, 5) is 20.8. The van der Waals surface area contributed by atoms with E-state index >= 15 is 0 Å². The molecule has 0 fully saturated rings. The van der Waals surface area contributed by atoms with Crippen molar-refractivity contribution in [3.8, 4) is 5.75 Å². The molecule has 0 N–H and O–H groups in total. The van der Waals surface area contributed by atoms with Gasteiger partial charge in [0, 0.05) is 5.75 Å². The topological polar surface area (TPSA) is 60.8 Å². The molecule has 2 aromatic carbocycles. The Morgan fingerprint density at radius 1 is 1.21 bits per heavy atom. The zero-order valence-electron chi connectivity index (χ0n) is 15.9. The Morgan fingerprint density at radius 2 is 2.07 bits per heavy atom. The fourth-order valence-electron chi connectivity index (χ4n) is 2.81.